The molecule has 0 bridgehead atoms. The van der Waals surface area contributed by atoms with E-state index in [2.05, 4.69) is 5.32 Å². The highest BCUT2D eigenvalue weighted by Crippen LogP contribution is 2.34. The summed E-state index contributed by atoms with van der Waals surface area (Å²) in [5.41, 5.74) is 0.324. The van der Waals surface area contributed by atoms with E-state index in [1.807, 2.05) is 6.92 Å². The number of carbonyl (C=O) groups is 1. The van der Waals surface area contributed by atoms with Crippen LogP contribution >= 0.6 is 0 Å². The van der Waals surface area contributed by atoms with Crippen molar-refractivity contribution in [3.8, 4) is 0 Å². The predicted molar refractivity (Wildman–Crippen MR) is 99.4 cm³/mol. The third kappa shape index (κ3) is 6.96. The van der Waals surface area contributed by atoms with Crippen LogP contribution in [0.3, 0.4) is 0 Å². The van der Waals surface area contributed by atoms with Crippen LogP contribution in [-0.4, -0.2) is 32.7 Å². The third-order valence-electron chi connectivity index (χ3n) is 3.87. The zero-order valence-corrected chi connectivity index (χ0v) is 16.7. The van der Waals surface area contributed by atoms with Crippen molar-refractivity contribution in [2.75, 3.05) is 6.61 Å². The largest absolute Gasteiger partial charge is 0.444 e. The van der Waals surface area contributed by atoms with Gasteiger partial charge in [-0.1, -0.05) is 17.7 Å². The van der Waals surface area contributed by atoms with Gasteiger partial charge in [0.25, 0.3) is 10.1 Å². The minimum Gasteiger partial charge on any atom is -0.444 e. The summed E-state index contributed by atoms with van der Waals surface area (Å²) < 4.78 is 43.3. The van der Waals surface area contributed by atoms with Gasteiger partial charge < -0.3 is 10.1 Å². The summed E-state index contributed by atoms with van der Waals surface area (Å²) in [6.07, 6.45) is 1.72. The Morgan fingerprint density at radius 3 is 2.46 bits per heavy atom. The van der Waals surface area contributed by atoms with Gasteiger partial charge in [0, 0.05) is 6.02 Å². The summed E-state index contributed by atoms with van der Waals surface area (Å²) >= 11 is 0. The summed E-state index contributed by atoms with van der Waals surface area (Å²) in [4.78, 5) is 12.1. The fraction of sp³-hybridized carbons (Fsp3) is 0.632. The molecule has 1 aliphatic carbocycles. The van der Waals surface area contributed by atoms with Crippen molar-refractivity contribution in [3.63, 3.8) is 0 Å². The lowest BCUT2D eigenvalue weighted by Gasteiger charge is -2.23. The van der Waals surface area contributed by atoms with Crippen molar-refractivity contribution < 1.29 is 23.5 Å². The summed E-state index contributed by atoms with van der Waals surface area (Å²) in [6.45, 7) is 7.12. The average Bonchev–Trinajstić information content (AvgIpc) is 3.35. The summed E-state index contributed by atoms with van der Waals surface area (Å²) in [5.74, 6) is 0.0544. The molecule has 0 radical (unpaired) electrons. The molecule has 0 heterocycles. The van der Waals surface area contributed by atoms with E-state index in [-0.39, 0.29) is 17.4 Å². The molecule has 2 rings (SSSR count). The average molecular weight is 385 g/mol. The highest BCUT2D eigenvalue weighted by atomic mass is 32.2. The number of alkyl carbamates (subject to hydrolysis) is 1. The molecule has 1 amide bonds. The first-order chi connectivity index (χ1) is 12.4. The van der Waals surface area contributed by atoms with Crippen molar-refractivity contribution in [2.24, 2.45) is 5.92 Å². The van der Waals surface area contributed by atoms with Crippen LogP contribution in [0, 0.1) is 12.8 Å². The zero-order chi connectivity index (χ0) is 20.3. The Labute approximate surface area is 157 Å². The standard InChI is InChI=1S/C19H29NO5S/c1-14-7-11-16(12-8-14)26(22,23)24-13-5-6-17(15-9-10-15)20-18(21)25-19(2,3)4/h7-8,11-12,15,17H,5-6,9-10,13H2,1-4H3,(H,20,21)/t17-/m1/s1/i17D. The maximum atomic E-state index is 12.2. The van der Waals surface area contributed by atoms with E-state index in [4.69, 9.17) is 10.3 Å². The number of nitrogens with one attached hydrogen (secondary N) is 1. The Morgan fingerprint density at radius 1 is 1.31 bits per heavy atom. The van der Waals surface area contributed by atoms with Gasteiger partial charge in [0.15, 0.2) is 0 Å². The molecule has 0 unspecified atom stereocenters. The van der Waals surface area contributed by atoms with E-state index in [1.165, 1.54) is 12.1 Å². The Morgan fingerprint density at radius 2 is 1.92 bits per heavy atom. The molecule has 6 nitrogen and oxygen atoms in total. The zero-order valence-electron chi connectivity index (χ0n) is 16.9. The van der Waals surface area contributed by atoms with Gasteiger partial charge in [-0.3, -0.25) is 4.18 Å². The number of amides is 1. The highest BCUT2D eigenvalue weighted by molar-refractivity contribution is 7.86. The molecule has 146 valence electrons. The smallest absolute Gasteiger partial charge is 0.407 e. The molecule has 1 saturated carbocycles. The van der Waals surface area contributed by atoms with E-state index in [0.717, 1.165) is 18.4 Å². The van der Waals surface area contributed by atoms with Crippen molar-refractivity contribution >= 4 is 16.2 Å². The van der Waals surface area contributed by atoms with Crippen LogP contribution < -0.4 is 5.32 Å². The molecule has 1 aromatic rings. The van der Waals surface area contributed by atoms with E-state index in [9.17, 15) is 13.2 Å². The van der Waals surface area contributed by atoms with Crippen LogP contribution in [0.4, 0.5) is 4.79 Å². The van der Waals surface area contributed by atoms with E-state index < -0.39 is 27.8 Å². The van der Waals surface area contributed by atoms with E-state index in [1.54, 1.807) is 32.9 Å². The fourth-order valence-electron chi connectivity index (χ4n) is 2.44. The minimum atomic E-state index is -3.82. The van der Waals surface area contributed by atoms with Crippen molar-refractivity contribution in [3.05, 3.63) is 29.8 Å². The van der Waals surface area contributed by atoms with Crippen LogP contribution in [0.2, 0.25) is 0 Å². The lowest BCUT2D eigenvalue weighted by molar-refractivity contribution is 0.0493. The monoisotopic (exact) mass is 384 g/mol. The topological polar surface area (TPSA) is 81.7 Å². The molecule has 0 saturated heterocycles. The Hall–Kier alpha value is -1.60. The van der Waals surface area contributed by atoms with Crippen molar-refractivity contribution in [1.82, 2.24) is 5.32 Å². The Balaban J connectivity index is 1.87. The molecular formula is C19H29NO5S. The number of aryl methyl sites for hydroxylation is 1. The summed E-state index contributed by atoms with van der Waals surface area (Å²) in [6, 6.07) is 5.27. The van der Waals surface area contributed by atoms with E-state index >= 15 is 0 Å². The maximum absolute atomic E-state index is 12.2. The number of hydrogen-bond acceptors (Lipinski definition) is 5. The molecule has 1 aromatic carbocycles. The lowest BCUT2D eigenvalue weighted by atomic mass is 10.1. The van der Waals surface area contributed by atoms with Gasteiger partial charge >= 0.3 is 6.09 Å². The van der Waals surface area contributed by atoms with Gasteiger partial charge in [0.2, 0.25) is 0 Å². The van der Waals surface area contributed by atoms with Crippen LogP contribution in [0.5, 0.6) is 0 Å². The van der Waals surface area contributed by atoms with Crippen LogP contribution in [-0.2, 0) is 19.0 Å². The van der Waals surface area contributed by atoms with Gasteiger partial charge in [-0.2, -0.15) is 8.42 Å². The van der Waals surface area contributed by atoms with Gasteiger partial charge in [-0.25, -0.2) is 4.79 Å². The lowest BCUT2D eigenvalue weighted by Crippen LogP contribution is -2.40. The fourth-order valence-corrected chi connectivity index (χ4v) is 3.38. The second kappa shape index (κ2) is 8.39. The molecule has 1 N–H and O–H groups in total. The van der Waals surface area contributed by atoms with E-state index in [0.29, 0.717) is 12.8 Å². The van der Waals surface area contributed by atoms with Crippen LogP contribution in [0.25, 0.3) is 0 Å². The SMILES string of the molecule is [2H][C@](CCCOS(=O)(=O)c1ccc(C)cc1)(NC(=O)OC(C)(C)C)C1CC1. The number of hydrogen-bond donors (Lipinski definition) is 1. The minimum absolute atomic E-state index is 0.0421. The normalized spacial score (nSPS) is 17.9. The van der Waals surface area contributed by atoms with Gasteiger partial charge in [-0.05, 0) is 71.4 Å². The van der Waals surface area contributed by atoms with Crippen LogP contribution in [0.15, 0.2) is 29.2 Å². The second-order valence-electron chi connectivity index (χ2n) is 7.62. The molecule has 0 aliphatic heterocycles. The predicted octanol–water partition coefficient (Wildman–Crippen LogP) is 3.78. The van der Waals surface area contributed by atoms with Gasteiger partial charge in [0.1, 0.15) is 5.60 Å². The molecule has 0 aromatic heterocycles. The molecule has 7 heteroatoms. The quantitative estimate of drug-likeness (QED) is 0.545. The first-order valence-corrected chi connectivity index (χ1v) is 10.3. The van der Waals surface area contributed by atoms with Gasteiger partial charge in [0.05, 0.1) is 12.9 Å². The number of rotatable bonds is 8. The maximum Gasteiger partial charge on any atom is 0.407 e. The first kappa shape index (κ1) is 19.2. The van der Waals surface area contributed by atoms with Crippen molar-refractivity contribution in [1.29, 1.82) is 0 Å². The Bertz CT molecular complexity index is 753. The summed E-state index contributed by atoms with van der Waals surface area (Å²) in [7, 11) is -3.82. The third-order valence-corrected chi connectivity index (χ3v) is 5.20. The number of carbonyl (C=O) groups excluding carboxylic acids is 1. The summed E-state index contributed by atoms with van der Waals surface area (Å²) in [5, 5.41) is 2.65. The molecule has 1 fully saturated rings. The molecule has 0 spiro atoms. The highest BCUT2D eigenvalue weighted by Gasteiger charge is 2.33. The molecule has 26 heavy (non-hydrogen) atoms. The molecule has 1 aliphatic rings. The van der Waals surface area contributed by atoms with Gasteiger partial charge in [-0.15, -0.1) is 0 Å². The molecular weight excluding hydrogens is 354 g/mol. The molecule has 1 atom stereocenters. The first-order valence-electron chi connectivity index (χ1n) is 9.39. The number of benzene rings is 1. The van der Waals surface area contributed by atoms with Crippen molar-refractivity contribution in [2.45, 2.75) is 69.9 Å². The Kier molecular flexibility index (Phi) is 6.19. The second-order valence-corrected chi connectivity index (χ2v) is 9.23. The van der Waals surface area contributed by atoms with Crippen LogP contribution in [0.1, 0.15) is 53.4 Å². The number of ether oxygens (including phenoxy) is 1.